The summed E-state index contributed by atoms with van der Waals surface area (Å²) < 4.78 is 0. The van der Waals surface area contributed by atoms with E-state index < -0.39 is 11.7 Å². The fourth-order valence-corrected chi connectivity index (χ4v) is 4.08. The van der Waals surface area contributed by atoms with E-state index in [1.807, 2.05) is 6.07 Å². The lowest BCUT2D eigenvalue weighted by Crippen LogP contribution is -2.20. The molecule has 1 amide bonds. The first-order valence-corrected chi connectivity index (χ1v) is 9.80. The summed E-state index contributed by atoms with van der Waals surface area (Å²) in [5.74, 6) is -1.57. The third-order valence-electron chi connectivity index (χ3n) is 5.67. The maximum atomic E-state index is 13.5. The molecule has 3 aromatic rings. The zero-order valence-electron chi connectivity index (χ0n) is 16.7. The molecule has 0 bridgehead atoms. The van der Waals surface area contributed by atoms with Gasteiger partial charge in [0.15, 0.2) is 11.6 Å². The molecule has 0 aromatic heterocycles. The quantitative estimate of drug-likeness (QED) is 0.375. The van der Waals surface area contributed by atoms with Crippen LogP contribution in [0.15, 0.2) is 53.5 Å². The number of benzene rings is 3. The van der Waals surface area contributed by atoms with E-state index in [-0.39, 0.29) is 50.8 Å². The van der Waals surface area contributed by atoms with Crippen molar-refractivity contribution in [2.45, 2.75) is 6.54 Å². The Bertz CT molecular complexity index is 1420. The molecule has 8 heteroatoms. The van der Waals surface area contributed by atoms with Crippen molar-refractivity contribution in [3.8, 4) is 0 Å². The Kier molecular flexibility index (Phi) is 4.23. The van der Waals surface area contributed by atoms with E-state index in [4.69, 9.17) is 16.9 Å². The average molecular weight is 423 g/mol. The van der Waals surface area contributed by atoms with Crippen LogP contribution < -0.4 is 16.8 Å². The SMILES string of the molecule is N=C1NC(=O)c2c(N)cc(C(=O)c3ccccc3C(=O)c3ccc4c(c3)CN=C4)c(N)c21. The Labute approximate surface area is 182 Å². The molecule has 0 atom stereocenters. The van der Waals surface area contributed by atoms with Crippen LogP contribution in [0.4, 0.5) is 11.4 Å². The third-order valence-corrected chi connectivity index (χ3v) is 5.67. The van der Waals surface area contributed by atoms with E-state index in [1.165, 1.54) is 6.07 Å². The number of anilines is 2. The molecule has 0 saturated heterocycles. The lowest BCUT2D eigenvalue weighted by molar-refractivity contribution is 0.0982. The standard InChI is InChI=1S/C24H17N5O3/c25-17-8-16(20(26)19-18(17)24(32)29-23(19)27)22(31)15-4-2-1-3-14(15)21(30)11-5-6-12-9-28-10-13(12)7-11/h1-9H,10,25-26H2,(H2,27,29,32). The molecule has 0 aliphatic carbocycles. The molecule has 0 fully saturated rings. The second kappa shape index (κ2) is 6.98. The van der Waals surface area contributed by atoms with Gasteiger partial charge in [0.25, 0.3) is 5.91 Å². The first-order chi connectivity index (χ1) is 15.4. The molecule has 6 N–H and O–H groups in total. The molecule has 0 radical (unpaired) electrons. The van der Waals surface area contributed by atoms with Crippen LogP contribution in [0.25, 0.3) is 0 Å². The van der Waals surface area contributed by atoms with Gasteiger partial charge in [-0.1, -0.05) is 36.4 Å². The molecule has 156 valence electrons. The van der Waals surface area contributed by atoms with Crippen molar-refractivity contribution >= 4 is 40.9 Å². The smallest absolute Gasteiger partial charge is 0.259 e. The highest BCUT2D eigenvalue weighted by atomic mass is 16.2. The first kappa shape index (κ1) is 19.4. The summed E-state index contributed by atoms with van der Waals surface area (Å²) in [5.41, 5.74) is 15.2. The molecular formula is C24H17N5O3. The summed E-state index contributed by atoms with van der Waals surface area (Å²) in [7, 11) is 0. The fourth-order valence-electron chi connectivity index (χ4n) is 4.08. The summed E-state index contributed by atoms with van der Waals surface area (Å²) >= 11 is 0. The van der Waals surface area contributed by atoms with Gasteiger partial charge < -0.3 is 16.8 Å². The zero-order valence-corrected chi connectivity index (χ0v) is 16.7. The number of nitrogen functional groups attached to an aromatic ring is 2. The number of rotatable bonds is 4. The second-order valence-corrected chi connectivity index (χ2v) is 7.59. The molecule has 3 aromatic carbocycles. The summed E-state index contributed by atoms with van der Waals surface area (Å²) in [5, 5.41) is 10.3. The highest BCUT2D eigenvalue weighted by Gasteiger charge is 2.32. The number of carbonyl (C=O) groups excluding carboxylic acids is 3. The van der Waals surface area contributed by atoms with Crippen LogP contribution in [0.3, 0.4) is 0 Å². The van der Waals surface area contributed by atoms with Crippen molar-refractivity contribution in [1.82, 2.24) is 5.32 Å². The number of ketones is 2. The molecule has 2 aliphatic heterocycles. The van der Waals surface area contributed by atoms with Crippen molar-refractivity contribution in [3.63, 3.8) is 0 Å². The molecule has 0 saturated carbocycles. The normalized spacial score (nSPS) is 13.6. The van der Waals surface area contributed by atoms with Gasteiger partial charge in [-0.25, -0.2) is 0 Å². The number of nitrogens with one attached hydrogen (secondary N) is 2. The van der Waals surface area contributed by atoms with Gasteiger partial charge in [0.2, 0.25) is 0 Å². The molecule has 2 heterocycles. The van der Waals surface area contributed by atoms with Gasteiger partial charge >= 0.3 is 0 Å². The molecule has 2 aliphatic rings. The summed E-state index contributed by atoms with van der Waals surface area (Å²) in [4.78, 5) is 43.0. The van der Waals surface area contributed by atoms with Crippen LogP contribution in [-0.2, 0) is 6.54 Å². The maximum Gasteiger partial charge on any atom is 0.259 e. The Morgan fingerprint density at radius 3 is 2.41 bits per heavy atom. The van der Waals surface area contributed by atoms with E-state index in [1.54, 1.807) is 42.6 Å². The summed E-state index contributed by atoms with van der Waals surface area (Å²) in [6.45, 7) is 0.515. The van der Waals surface area contributed by atoms with Gasteiger partial charge in [0.1, 0.15) is 5.84 Å². The number of carbonyl (C=O) groups is 3. The molecule has 8 nitrogen and oxygen atoms in total. The number of aliphatic imine (C=N–C) groups is 1. The summed E-state index contributed by atoms with van der Waals surface area (Å²) in [6.07, 6.45) is 1.76. The van der Waals surface area contributed by atoms with Crippen LogP contribution in [0.1, 0.15) is 58.9 Å². The monoisotopic (exact) mass is 423 g/mol. The van der Waals surface area contributed by atoms with E-state index in [2.05, 4.69) is 10.3 Å². The number of amides is 1. The Morgan fingerprint density at radius 1 is 0.938 bits per heavy atom. The largest absolute Gasteiger partial charge is 0.398 e. The maximum absolute atomic E-state index is 13.5. The Hall–Kier alpha value is -4.59. The molecule has 0 unspecified atom stereocenters. The Balaban J connectivity index is 1.59. The number of amidine groups is 1. The topological polar surface area (TPSA) is 151 Å². The van der Waals surface area contributed by atoms with Crippen LogP contribution in [0, 0.1) is 5.41 Å². The van der Waals surface area contributed by atoms with Crippen molar-refractivity contribution in [2.75, 3.05) is 11.5 Å². The van der Waals surface area contributed by atoms with Gasteiger partial charge in [-0.15, -0.1) is 0 Å². The van der Waals surface area contributed by atoms with E-state index in [0.717, 1.165) is 11.1 Å². The minimum Gasteiger partial charge on any atom is -0.398 e. The number of fused-ring (bicyclic) bond motifs is 2. The van der Waals surface area contributed by atoms with Crippen molar-refractivity contribution in [1.29, 1.82) is 5.41 Å². The van der Waals surface area contributed by atoms with Crippen molar-refractivity contribution < 1.29 is 14.4 Å². The average Bonchev–Trinajstić information content (AvgIpc) is 3.38. The first-order valence-electron chi connectivity index (χ1n) is 9.80. The molecule has 5 rings (SSSR count). The molecule has 32 heavy (non-hydrogen) atoms. The van der Waals surface area contributed by atoms with Crippen LogP contribution >= 0.6 is 0 Å². The van der Waals surface area contributed by atoms with Gasteiger partial charge in [0.05, 0.1) is 23.4 Å². The Morgan fingerprint density at radius 2 is 1.66 bits per heavy atom. The lowest BCUT2D eigenvalue weighted by Gasteiger charge is -2.13. The summed E-state index contributed by atoms with van der Waals surface area (Å²) in [6, 6.07) is 13.1. The second-order valence-electron chi connectivity index (χ2n) is 7.59. The van der Waals surface area contributed by atoms with E-state index in [0.29, 0.717) is 12.1 Å². The van der Waals surface area contributed by atoms with Crippen molar-refractivity contribution in [2.24, 2.45) is 4.99 Å². The third kappa shape index (κ3) is 2.81. The number of hydrogen-bond acceptors (Lipinski definition) is 7. The highest BCUT2D eigenvalue weighted by Crippen LogP contribution is 2.33. The highest BCUT2D eigenvalue weighted by molar-refractivity contribution is 6.30. The van der Waals surface area contributed by atoms with Crippen LogP contribution in [-0.4, -0.2) is 29.5 Å². The fraction of sp³-hybridized carbons (Fsp3) is 0.0417. The number of hydrogen-bond donors (Lipinski definition) is 4. The van der Waals surface area contributed by atoms with Gasteiger partial charge in [-0.2, -0.15) is 0 Å². The van der Waals surface area contributed by atoms with Crippen molar-refractivity contribution in [3.05, 3.63) is 93.0 Å². The lowest BCUT2D eigenvalue weighted by atomic mass is 9.90. The molecular weight excluding hydrogens is 406 g/mol. The predicted molar refractivity (Wildman–Crippen MR) is 121 cm³/mol. The predicted octanol–water partition coefficient (Wildman–Crippen LogP) is 2.31. The molecule has 0 spiro atoms. The number of nitrogens with two attached hydrogens (primary N) is 2. The zero-order chi connectivity index (χ0) is 22.6. The van der Waals surface area contributed by atoms with Crippen LogP contribution in [0.2, 0.25) is 0 Å². The number of nitrogens with zero attached hydrogens (tertiary/aromatic N) is 1. The minimum absolute atomic E-state index is 0.0283. The van der Waals surface area contributed by atoms with Gasteiger partial charge in [-0.3, -0.25) is 24.8 Å². The van der Waals surface area contributed by atoms with Gasteiger partial charge in [0, 0.05) is 34.2 Å². The minimum atomic E-state index is -0.538. The van der Waals surface area contributed by atoms with Gasteiger partial charge in [-0.05, 0) is 23.3 Å². The van der Waals surface area contributed by atoms with E-state index in [9.17, 15) is 14.4 Å². The van der Waals surface area contributed by atoms with E-state index >= 15 is 0 Å². The van der Waals surface area contributed by atoms with Crippen LogP contribution in [0.5, 0.6) is 0 Å².